The number of rotatable bonds is 7. The van der Waals surface area contributed by atoms with Crippen LogP contribution in [0.5, 0.6) is 0 Å². The van der Waals surface area contributed by atoms with Gasteiger partial charge in [0.25, 0.3) is 15.9 Å². The molecule has 8 heteroatoms. The summed E-state index contributed by atoms with van der Waals surface area (Å²) in [5, 5.41) is 3.89. The smallest absolute Gasteiger partial charge is 0.264 e. The highest BCUT2D eigenvalue weighted by atomic mass is 32.2. The third-order valence-electron chi connectivity index (χ3n) is 4.33. The molecule has 3 rings (SSSR count). The van der Waals surface area contributed by atoms with Crippen molar-refractivity contribution in [2.75, 3.05) is 10.8 Å². The number of amides is 1. The molecule has 0 bridgehead atoms. The minimum atomic E-state index is -3.95. The molecule has 0 aliphatic rings. The van der Waals surface area contributed by atoms with Crippen molar-refractivity contribution in [2.45, 2.75) is 18.7 Å². The largest absolute Gasteiger partial charge is 0.271 e. The van der Waals surface area contributed by atoms with Gasteiger partial charge in [-0.2, -0.15) is 5.10 Å². The van der Waals surface area contributed by atoms with E-state index in [4.69, 9.17) is 0 Å². The molecule has 0 aliphatic heterocycles. The van der Waals surface area contributed by atoms with Crippen LogP contribution in [0.25, 0.3) is 0 Å². The van der Waals surface area contributed by atoms with E-state index in [1.165, 1.54) is 18.3 Å². The van der Waals surface area contributed by atoms with Crippen LogP contribution >= 0.6 is 0 Å². The van der Waals surface area contributed by atoms with Crippen LogP contribution in [-0.2, 0) is 14.8 Å². The number of carbonyl (C=O) groups excluding carboxylic acids is 1. The van der Waals surface area contributed by atoms with Crippen molar-refractivity contribution < 1.29 is 13.2 Å². The van der Waals surface area contributed by atoms with Gasteiger partial charge in [0.1, 0.15) is 6.54 Å². The Morgan fingerprint density at radius 3 is 2.53 bits per heavy atom. The molecule has 1 aromatic heterocycles. The van der Waals surface area contributed by atoms with E-state index in [0.29, 0.717) is 11.3 Å². The molecule has 1 heterocycles. The summed E-state index contributed by atoms with van der Waals surface area (Å²) in [5.74, 6) is -0.561. The van der Waals surface area contributed by atoms with Crippen molar-refractivity contribution in [1.82, 2.24) is 10.4 Å². The average molecular weight is 423 g/mol. The molecular weight excluding hydrogens is 400 g/mol. The van der Waals surface area contributed by atoms with Crippen LogP contribution < -0.4 is 9.73 Å². The van der Waals surface area contributed by atoms with Gasteiger partial charge in [-0.1, -0.05) is 42.0 Å². The average Bonchev–Trinajstić information content (AvgIpc) is 2.74. The molecule has 2 aromatic carbocycles. The van der Waals surface area contributed by atoms with Crippen LogP contribution in [-0.4, -0.2) is 32.1 Å². The van der Waals surface area contributed by atoms with Gasteiger partial charge in [-0.25, -0.2) is 13.8 Å². The van der Waals surface area contributed by atoms with Crippen molar-refractivity contribution in [3.05, 3.63) is 89.7 Å². The minimum absolute atomic E-state index is 0.108. The number of hydrazone groups is 1. The zero-order chi connectivity index (χ0) is 21.6. The molecule has 0 spiro atoms. The summed E-state index contributed by atoms with van der Waals surface area (Å²) < 4.78 is 27.7. The van der Waals surface area contributed by atoms with Crippen LogP contribution in [0.1, 0.15) is 16.7 Å². The Bertz CT molecular complexity index is 1150. The van der Waals surface area contributed by atoms with Gasteiger partial charge in [-0.15, -0.1) is 0 Å². The molecule has 154 valence electrons. The summed E-state index contributed by atoms with van der Waals surface area (Å²) in [6.07, 6.45) is 4.67. The molecule has 0 saturated heterocycles. The second-order valence-corrected chi connectivity index (χ2v) is 8.56. The van der Waals surface area contributed by atoms with Gasteiger partial charge in [0.15, 0.2) is 0 Å². The first-order valence-electron chi connectivity index (χ1n) is 9.25. The van der Waals surface area contributed by atoms with Gasteiger partial charge < -0.3 is 0 Å². The second-order valence-electron chi connectivity index (χ2n) is 6.69. The van der Waals surface area contributed by atoms with E-state index in [2.05, 4.69) is 15.5 Å². The third kappa shape index (κ3) is 5.09. The van der Waals surface area contributed by atoms with Gasteiger partial charge in [0.2, 0.25) is 0 Å². The summed E-state index contributed by atoms with van der Waals surface area (Å²) >= 11 is 0. The Labute approximate surface area is 176 Å². The molecular formula is C22H22N4O3S. The lowest BCUT2D eigenvalue weighted by molar-refractivity contribution is -0.119. The summed E-state index contributed by atoms with van der Waals surface area (Å²) in [6, 6.07) is 17.0. The van der Waals surface area contributed by atoms with Gasteiger partial charge in [0.05, 0.1) is 16.8 Å². The van der Waals surface area contributed by atoms with Crippen molar-refractivity contribution in [2.24, 2.45) is 5.10 Å². The number of hydrogen-bond acceptors (Lipinski definition) is 5. The number of aryl methyl sites for hydroxylation is 2. The lowest BCUT2D eigenvalue weighted by atomic mass is 10.1. The van der Waals surface area contributed by atoms with Crippen LogP contribution in [0, 0.1) is 13.8 Å². The molecule has 0 saturated carbocycles. The highest BCUT2D eigenvalue weighted by Crippen LogP contribution is 2.27. The number of pyridine rings is 1. The highest BCUT2D eigenvalue weighted by molar-refractivity contribution is 7.92. The fraction of sp³-hybridized carbons (Fsp3) is 0.136. The van der Waals surface area contributed by atoms with E-state index >= 15 is 0 Å². The van der Waals surface area contributed by atoms with Gasteiger partial charge >= 0.3 is 0 Å². The molecule has 0 fully saturated rings. The molecule has 30 heavy (non-hydrogen) atoms. The number of hydrogen-bond donors (Lipinski definition) is 1. The maximum Gasteiger partial charge on any atom is 0.264 e. The number of benzene rings is 2. The molecule has 0 unspecified atom stereocenters. The predicted molar refractivity (Wildman–Crippen MR) is 117 cm³/mol. The number of anilines is 1. The van der Waals surface area contributed by atoms with Crippen LogP contribution in [0.2, 0.25) is 0 Å². The zero-order valence-electron chi connectivity index (χ0n) is 16.7. The Morgan fingerprint density at radius 1 is 1.10 bits per heavy atom. The third-order valence-corrected chi connectivity index (χ3v) is 6.10. The Balaban J connectivity index is 1.88. The first-order valence-corrected chi connectivity index (χ1v) is 10.7. The molecule has 3 aromatic rings. The summed E-state index contributed by atoms with van der Waals surface area (Å²) in [4.78, 5) is 16.6. The number of aromatic nitrogens is 1. The Morgan fingerprint density at radius 2 is 1.87 bits per heavy atom. The van der Waals surface area contributed by atoms with E-state index in [9.17, 15) is 13.2 Å². The zero-order valence-corrected chi connectivity index (χ0v) is 17.5. The van der Waals surface area contributed by atoms with Crippen LogP contribution in [0.4, 0.5) is 5.69 Å². The Hall–Kier alpha value is -3.52. The standard InChI is InChI=1S/C22H22N4O3S/c1-17-10-11-21(18(2)13-17)26(30(28,29)20-8-4-3-5-9-20)16-22(27)25-24-15-19-7-6-12-23-14-19/h3-15H,16H2,1-2H3,(H,25,27)/b24-15-. The molecule has 0 radical (unpaired) electrons. The van der Waals surface area contributed by atoms with Crippen LogP contribution in [0.3, 0.4) is 0 Å². The summed E-state index contributed by atoms with van der Waals surface area (Å²) in [7, 11) is -3.95. The fourth-order valence-corrected chi connectivity index (χ4v) is 4.41. The predicted octanol–water partition coefficient (Wildman–Crippen LogP) is 3.04. The van der Waals surface area contributed by atoms with Crippen molar-refractivity contribution in [3.63, 3.8) is 0 Å². The minimum Gasteiger partial charge on any atom is -0.271 e. The highest BCUT2D eigenvalue weighted by Gasteiger charge is 2.28. The molecule has 7 nitrogen and oxygen atoms in total. The normalized spacial score (nSPS) is 11.4. The van der Waals surface area contributed by atoms with E-state index < -0.39 is 22.5 Å². The molecule has 0 aliphatic carbocycles. The monoisotopic (exact) mass is 422 g/mol. The van der Waals surface area contributed by atoms with Gasteiger partial charge in [-0.05, 0) is 43.7 Å². The maximum atomic E-state index is 13.3. The second kappa shape index (κ2) is 9.32. The van der Waals surface area contributed by atoms with Crippen molar-refractivity contribution in [1.29, 1.82) is 0 Å². The number of sulfonamides is 1. The Kier molecular flexibility index (Phi) is 6.58. The van der Waals surface area contributed by atoms with Gasteiger partial charge in [-0.3, -0.25) is 14.1 Å². The number of nitrogens with zero attached hydrogens (tertiary/aromatic N) is 3. The first-order chi connectivity index (χ1) is 14.4. The SMILES string of the molecule is Cc1ccc(N(CC(=O)N/N=C\c2cccnc2)S(=O)(=O)c2ccccc2)c(C)c1. The molecule has 1 amide bonds. The summed E-state index contributed by atoms with van der Waals surface area (Å²) in [5.41, 5.74) is 5.28. The fourth-order valence-electron chi connectivity index (χ4n) is 2.90. The first kappa shape index (κ1) is 21.2. The van der Waals surface area contributed by atoms with E-state index in [0.717, 1.165) is 15.4 Å². The van der Waals surface area contributed by atoms with Crippen LogP contribution in [0.15, 0.2) is 83.1 Å². The summed E-state index contributed by atoms with van der Waals surface area (Å²) in [6.45, 7) is 3.33. The van der Waals surface area contributed by atoms with E-state index in [1.54, 1.807) is 48.8 Å². The van der Waals surface area contributed by atoms with E-state index in [1.807, 2.05) is 26.0 Å². The molecule has 1 N–H and O–H groups in total. The van der Waals surface area contributed by atoms with Gasteiger partial charge in [0, 0.05) is 18.0 Å². The van der Waals surface area contributed by atoms with Crippen molar-refractivity contribution in [3.8, 4) is 0 Å². The lowest BCUT2D eigenvalue weighted by Gasteiger charge is -2.25. The topological polar surface area (TPSA) is 91.7 Å². The maximum absolute atomic E-state index is 13.3. The number of carbonyl (C=O) groups is 1. The molecule has 0 atom stereocenters. The lowest BCUT2D eigenvalue weighted by Crippen LogP contribution is -2.40. The quantitative estimate of drug-likeness (QED) is 0.468. The van der Waals surface area contributed by atoms with Crippen molar-refractivity contribution >= 4 is 27.8 Å². The van der Waals surface area contributed by atoms with E-state index in [-0.39, 0.29) is 4.90 Å². The number of nitrogens with one attached hydrogen (secondary N) is 1.